The molecule has 0 bridgehead atoms. The molecule has 0 saturated carbocycles. The zero-order chi connectivity index (χ0) is 16.1. The Kier molecular flexibility index (Phi) is 5.71. The smallest absolute Gasteiger partial charge is 0.229 e. The molecule has 2 heterocycles. The molecule has 1 atom stereocenters. The summed E-state index contributed by atoms with van der Waals surface area (Å²) in [5.41, 5.74) is 0. The maximum absolute atomic E-state index is 12.1. The molecule has 0 spiro atoms. The number of carbonyl (C=O) groups is 3. The van der Waals surface area contributed by atoms with Gasteiger partial charge in [-0.3, -0.25) is 19.3 Å². The van der Waals surface area contributed by atoms with Crippen LogP contribution < -0.4 is 5.32 Å². The van der Waals surface area contributed by atoms with E-state index in [0.29, 0.717) is 5.92 Å². The second-order valence-corrected chi connectivity index (χ2v) is 6.93. The van der Waals surface area contributed by atoms with Crippen LogP contribution in [0.5, 0.6) is 0 Å². The molecule has 0 aliphatic carbocycles. The summed E-state index contributed by atoms with van der Waals surface area (Å²) in [6, 6.07) is 3.99. The number of thiophene rings is 1. The molecule has 1 aliphatic rings. The van der Waals surface area contributed by atoms with Gasteiger partial charge in [-0.15, -0.1) is 11.3 Å². The van der Waals surface area contributed by atoms with E-state index in [4.69, 9.17) is 0 Å². The summed E-state index contributed by atoms with van der Waals surface area (Å²) in [4.78, 5) is 37.5. The summed E-state index contributed by atoms with van der Waals surface area (Å²) in [5.74, 6) is 0.00487. The third-order valence-corrected chi connectivity index (χ3v) is 4.63. The van der Waals surface area contributed by atoms with Crippen molar-refractivity contribution in [3.63, 3.8) is 0 Å². The molecule has 0 aromatic carbocycles. The quantitative estimate of drug-likeness (QED) is 0.784. The number of nitrogens with zero attached hydrogens (tertiary/aromatic N) is 1. The minimum absolute atomic E-state index is 0.00233. The van der Waals surface area contributed by atoms with E-state index in [1.165, 1.54) is 4.90 Å². The Morgan fingerprint density at radius 1 is 1.32 bits per heavy atom. The van der Waals surface area contributed by atoms with Gasteiger partial charge in [0.15, 0.2) is 0 Å². The maximum atomic E-state index is 12.1. The third-order valence-electron chi connectivity index (χ3n) is 3.65. The van der Waals surface area contributed by atoms with Crippen LogP contribution in [-0.2, 0) is 14.4 Å². The molecule has 120 valence electrons. The van der Waals surface area contributed by atoms with Crippen LogP contribution >= 0.6 is 11.3 Å². The molecular formula is C16H22N2O3S. The van der Waals surface area contributed by atoms with Gasteiger partial charge >= 0.3 is 0 Å². The lowest BCUT2D eigenvalue weighted by Crippen LogP contribution is -2.35. The van der Waals surface area contributed by atoms with Gasteiger partial charge in [0.05, 0.1) is 6.04 Å². The van der Waals surface area contributed by atoms with E-state index in [9.17, 15) is 14.4 Å². The van der Waals surface area contributed by atoms with E-state index >= 15 is 0 Å². The molecule has 1 saturated heterocycles. The van der Waals surface area contributed by atoms with Crippen molar-refractivity contribution in [2.75, 3.05) is 6.54 Å². The van der Waals surface area contributed by atoms with Gasteiger partial charge in [0.2, 0.25) is 17.7 Å². The molecule has 1 aromatic rings. The molecule has 1 fully saturated rings. The van der Waals surface area contributed by atoms with Gasteiger partial charge in [-0.25, -0.2) is 0 Å². The molecular weight excluding hydrogens is 300 g/mol. The van der Waals surface area contributed by atoms with Gasteiger partial charge in [-0.05, 0) is 23.8 Å². The molecule has 2 rings (SSSR count). The van der Waals surface area contributed by atoms with E-state index in [0.717, 1.165) is 11.3 Å². The van der Waals surface area contributed by atoms with Crippen LogP contribution in [0.15, 0.2) is 17.5 Å². The summed E-state index contributed by atoms with van der Waals surface area (Å²) >= 11 is 1.63. The van der Waals surface area contributed by atoms with Gasteiger partial charge in [0, 0.05) is 30.7 Å². The highest BCUT2D eigenvalue weighted by Gasteiger charge is 2.29. The van der Waals surface area contributed by atoms with Gasteiger partial charge < -0.3 is 5.32 Å². The monoisotopic (exact) mass is 322 g/mol. The van der Waals surface area contributed by atoms with Crippen molar-refractivity contribution in [1.29, 1.82) is 0 Å². The number of amides is 3. The van der Waals surface area contributed by atoms with Crippen LogP contribution in [0.25, 0.3) is 0 Å². The highest BCUT2D eigenvalue weighted by molar-refractivity contribution is 7.10. The molecule has 1 aliphatic heterocycles. The number of hydrogen-bond donors (Lipinski definition) is 1. The van der Waals surface area contributed by atoms with Crippen LogP contribution in [0.3, 0.4) is 0 Å². The van der Waals surface area contributed by atoms with Crippen molar-refractivity contribution in [3.8, 4) is 0 Å². The van der Waals surface area contributed by atoms with Crippen molar-refractivity contribution >= 4 is 29.1 Å². The summed E-state index contributed by atoms with van der Waals surface area (Å²) < 4.78 is 0. The van der Waals surface area contributed by atoms with Gasteiger partial charge in [0.25, 0.3) is 0 Å². The number of nitrogens with one attached hydrogen (secondary N) is 1. The Hall–Kier alpha value is -1.69. The second kappa shape index (κ2) is 7.54. The summed E-state index contributed by atoms with van der Waals surface area (Å²) in [7, 11) is 0. The van der Waals surface area contributed by atoms with E-state index in [2.05, 4.69) is 19.2 Å². The van der Waals surface area contributed by atoms with Crippen molar-refractivity contribution in [3.05, 3.63) is 22.4 Å². The van der Waals surface area contributed by atoms with Gasteiger partial charge in [-0.2, -0.15) is 0 Å². The van der Waals surface area contributed by atoms with E-state index < -0.39 is 0 Å². The Morgan fingerprint density at radius 3 is 2.55 bits per heavy atom. The van der Waals surface area contributed by atoms with Crippen LogP contribution in [0.4, 0.5) is 0 Å². The molecule has 1 aromatic heterocycles. The fraction of sp³-hybridized carbons (Fsp3) is 0.562. The lowest BCUT2D eigenvalue weighted by molar-refractivity contribution is -0.138. The van der Waals surface area contributed by atoms with Crippen LogP contribution in [-0.4, -0.2) is 29.2 Å². The van der Waals surface area contributed by atoms with Crippen molar-refractivity contribution in [2.45, 2.75) is 45.6 Å². The number of imide groups is 1. The molecule has 1 N–H and O–H groups in total. The number of likely N-dealkylation sites (tertiary alicyclic amines) is 1. The Bertz CT molecular complexity index is 524. The molecule has 0 radical (unpaired) electrons. The summed E-state index contributed by atoms with van der Waals surface area (Å²) in [6.45, 7) is 4.42. The first kappa shape index (κ1) is 16.7. The van der Waals surface area contributed by atoms with E-state index in [-0.39, 0.29) is 49.6 Å². The van der Waals surface area contributed by atoms with E-state index in [1.54, 1.807) is 11.3 Å². The molecule has 3 amide bonds. The Labute approximate surface area is 134 Å². The number of carbonyl (C=O) groups excluding carboxylic acids is 3. The van der Waals surface area contributed by atoms with Crippen LogP contribution in [0.1, 0.15) is 50.4 Å². The number of hydrogen-bond acceptors (Lipinski definition) is 4. The van der Waals surface area contributed by atoms with Crippen molar-refractivity contribution in [2.24, 2.45) is 5.92 Å². The second-order valence-electron chi connectivity index (χ2n) is 5.95. The lowest BCUT2D eigenvalue weighted by atomic mass is 10.0. The number of rotatable bonds is 7. The summed E-state index contributed by atoms with van der Waals surface area (Å²) in [6.07, 6.45) is 1.57. The SMILES string of the molecule is CC(C)C[C@@H](NC(=O)CCN1C(=O)CCC1=O)c1cccs1. The zero-order valence-corrected chi connectivity index (χ0v) is 13.8. The topological polar surface area (TPSA) is 66.5 Å². The van der Waals surface area contributed by atoms with Gasteiger partial charge in [-0.1, -0.05) is 19.9 Å². The average Bonchev–Trinajstić information content (AvgIpc) is 3.07. The average molecular weight is 322 g/mol. The predicted molar refractivity (Wildman–Crippen MR) is 85.2 cm³/mol. The Morgan fingerprint density at radius 2 is 2.00 bits per heavy atom. The largest absolute Gasteiger partial charge is 0.348 e. The van der Waals surface area contributed by atoms with E-state index in [1.807, 2.05) is 17.5 Å². The fourth-order valence-corrected chi connectivity index (χ4v) is 3.35. The third kappa shape index (κ3) is 4.40. The zero-order valence-electron chi connectivity index (χ0n) is 13.0. The molecule has 22 heavy (non-hydrogen) atoms. The first-order valence-electron chi connectivity index (χ1n) is 7.63. The lowest BCUT2D eigenvalue weighted by Gasteiger charge is -2.20. The minimum Gasteiger partial charge on any atom is -0.348 e. The highest BCUT2D eigenvalue weighted by atomic mass is 32.1. The van der Waals surface area contributed by atoms with Crippen LogP contribution in [0, 0.1) is 5.92 Å². The molecule has 0 unspecified atom stereocenters. The molecule has 5 nitrogen and oxygen atoms in total. The highest BCUT2D eigenvalue weighted by Crippen LogP contribution is 2.25. The standard InChI is InChI=1S/C16H22N2O3S/c1-11(2)10-12(13-4-3-9-22-13)17-14(19)7-8-18-15(20)5-6-16(18)21/h3-4,9,11-12H,5-8,10H2,1-2H3,(H,17,19)/t12-/m1/s1. The molecule has 6 heteroatoms. The first-order chi connectivity index (χ1) is 10.5. The maximum Gasteiger partial charge on any atom is 0.229 e. The van der Waals surface area contributed by atoms with Crippen LogP contribution in [0.2, 0.25) is 0 Å². The normalized spacial score (nSPS) is 16.4. The summed E-state index contributed by atoms with van der Waals surface area (Å²) in [5, 5.41) is 5.02. The minimum atomic E-state index is -0.171. The fourth-order valence-electron chi connectivity index (χ4n) is 2.56. The Balaban J connectivity index is 1.88. The van der Waals surface area contributed by atoms with Crippen molar-refractivity contribution in [1.82, 2.24) is 10.2 Å². The van der Waals surface area contributed by atoms with Crippen molar-refractivity contribution < 1.29 is 14.4 Å². The van der Waals surface area contributed by atoms with Gasteiger partial charge in [0.1, 0.15) is 0 Å². The predicted octanol–water partition coefficient (Wildman–Crippen LogP) is 2.49. The first-order valence-corrected chi connectivity index (χ1v) is 8.51.